The van der Waals surface area contributed by atoms with Crippen LogP contribution in [0.3, 0.4) is 0 Å². The van der Waals surface area contributed by atoms with Crippen LogP contribution in [0.1, 0.15) is 60.5 Å². The highest BCUT2D eigenvalue weighted by atomic mass is 15.0. The van der Waals surface area contributed by atoms with Gasteiger partial charge in [-0.3, -0.25) is 4.99 Å². The molecule has 0 spiro atoms. The van der Waals surface area contributed by atoms with E-state index in [2.05, 4.69) is 145 Å². The Morgan fingerprint density at radius 3 is 2.58 bits per heavy atom. The van der Waals surface area contributed by atoms with E-state index in [-0.39, 0.29) is 11.5 Å². The molecule has 2 heterocycles. The first-order valence-corrected chi connectivity index (χ1v) is 16.7. The molecule has 1 aromatic heterocycles. The van der Waals surface area contributed by atoms with Gasteiger partial charge in [-0.05, 0) is 88.7 Å². The summed E-state index contributed by atoms with van der Waals surface area (Å²) in [7, 11) is 0. The first-order valence-electron chi connectivity index (χ1n) is 16.7. The predicted molar refractivity (Wildman–Crippen MR) is 196 cm³/mol. The van der Waals surface area contributed by atoms with Crippen LogP contribution in [0.15, 0.2) is 150 Å². The van der Waals surface area contributed by atoms with Crippen LogP contribution in [-0.2, 0) is 5.41 Å². The van der Waals surface area contributed by atoms with Crippen molar-refractivity contribution in [3.05, 3.63) is 173 Å². The van der Waals surface area contributed by atoms with Crippen molar-refractivity contribution in [1.82, 2.24) is 9.88 Å². The summed E-state index contributed by atoms with van der Waals surface area (Å²) < 4.78 is 2.41. The van der Waals surface area contributed by atoms with E-state index < -0.39 is 0 Å². The van der Waals surface area contributed by atoms with Crippen molar-refractivity contribution in [3.63, 3.8) is 0 Å². The first-order chi connectivity index (χ1) is 23.5. The van der Waals surface area contributed by atoms with Gasteiger partial charge in [0.2, 0.25) is 0 Å². The number of allylic oxidation sites excluding steroid dienone is 4. The van der Waals surface area contributed by atoms with E-state index >= 15 is 0 Å². The zero-order chi connectivity index (χ0) is 32.4. The van der Waals surface area contributed by atoms with E-state index in [9.17, 15) is 5.26 Å². The molecule has 6 aromatic rings. The Bertz CT molecular complexity index is 2480. The molecule has 0 radical (unpaired) electrons. The number of nitriles is 1. The maximum Gasteiger partial charge on any atom is 0.133 e. The van der Waals surface area contributed by atoms with Gasteiger partial charge in [-0.15, -0.1) is 0 Å². The van der Waals surface area contributed by atoms with E-state index in [1.807, 2.05) is 18.2 Å². The number of aliphatic imine (C=N–C) groups is 1. The molecular weight excluding hydrogens is 585 g/mol. The summed E-state index contributed by atoms with van der Waals surface area (Å²) in [4.78, 5) is 5.24. The number of nitrogens with one attached hydrogen (secondary N) is 1. The Morgan fingerprint density at radius 2 is 1.71 bits per heavy atom. The highest BCUT2D eigenvalue weighted by Gasteiger charge is 2.37. The lowest BCUT2D eigenvalue weighted by atomic mass is 9.82. The van der Waals surface area contributed by atoms with Gasteiger partial charge >= 0.3 is 0 Å². The molecule has 9 rings (SSSR count). The van der Waals surface area contributed by atoms with Crippen LogP contribution < -0.4 is 5.32 Å². The number of para-hydroxylation sites is 1. The zero-order valence-electron chi connectivity index (χ0n) is 27.0. The monoisotopic (exact) mass is 618 g/mol. The third-order valence-electron chi connectivity index (χ3n) is 10.3. The van der Waals surface area contributed by atoms with E-state index in [1.54, 1.807) is 0 Å². The second-order valence-electron chi connectivity index (χ2n) is 13.5. The quantitative estimate of drug-likeness (QED) is 0.214. The molecule has 0 bridgehead atoms. The Labute approximate surface area is 280 Å². The van der Waals surface area contributed by atoms with Gasteiger partial charge < -0.3 is 9.88 Å². The molecular formula is C44H34N4. The van der Waals surface area contributed by atoms with E-state index in [0.717, 1.165) is 41.2 Å². The van der Waals surface area contributed by atoms with Crippen LogP contribution in [0.4, 0.5) is 0 Å². The first kappa shape index (κ1) is 28.3. The molecule has 5 aromatic carbocycles. The predicted octanol–water partition coefficient (Wildman–Crippen LogP) is 10.2. The molecule has 3 aliphatic rings. The minimum Gasteiger partial charge on any atom is -0.340 e. The Balaban J connectivity index is 1.22. The largest absolute Gasteiger partial charge is 0.340 e. The minimum absolute atomic E-state index is 0.0634. The fourth-order valence-electron chi connectivity index (χ4n) is 7.98. The van der Waals surface area contributed by atoms with Crippen molar-refractivity contribution >= 4 is 27.6 Å². The Hall–Kier alpha value is -5.92. The summed E-state index contributed by atoms with van der Waals surface area (Å²) >= 11 is 0. The van der Waals surface area contributed by atoms with Gasteiger partial charge in [-0.2, -0.15) is 5.26 Å². The van der Waals surface area contributed by atoms with E-state index in [1.165, 1.54) is 49.6 Å². The second-order valence-corrected chi connectivity index (χ2v) is 13.5. The summed E-state index contributed by atoms with van der Waals surface area (Å²) in [6, 6.07) is 40.9. The van der Waals surface area contributed by atoms with Crippen molar-refractivity contribution in [2.45, 2.75) is 38.1 Å². The highest BCUT2D eigenvalue weighted by Crippen LogP contribution is 2.53. The fraction of sp³-hybridized carbons (Fsp3) is 0.136. The fourth-order valence-corrected chi connectivity index (χ4v) is 7.98. The number of nitrogens with zero attached hydrogens (tertiary/aromatic N) is 3. The maximum atomic E-state index is 9.61. The van der Waals surface area contributed by atoms with E-state index in [0.29, 0.717) is 5.56 Å². The van der Waals surface area contributed by atoms with Crippen LogP contribution in [0.5, 0.6) is 0 Å². The third kappa shape index (κ3) is 4.32. The molecule has 1 N–H and O–H groups in total. The molecule has 1 atom stereocenters. The lowest BCUT2D eigenvalue weighted by Gasteiger charge is -2.25. The average Bonchev–Trinajstić information content (AvgIpc) is 3.60. The average molecular weight is 619 g/mol. The van der Waals surface area contributed by atoms with Crippen molar-refractivity contribution in [3.8, 4) is 22.9 Å². The normalized spacial score (nSPS) is 17.6. The molecule has 4 nitrogen and oxygen atoms in total. The van der Waals surface area contributed by atoms with Crippen LogP contribution >= 0.6 is 0 Å². The van der Waals surface area contributed by atoms with Gasteiger partial charge in [0, 0.05) is 33.1 Å². The second kappa shape index (κ2) is 10.8. The summed E-state index contributed by atoms with van der Waals surface area (Å²) in [6.45, 7) is 4.69. The molecule has 1 aliphatic heterocycles. The Kier molecular flexibility index (Phi) is 6.39. The number of fused-ring (bicyclic) bond motifs is 7. The molecule has 1 unspecified atom stereocenters. The zero-order valence-corrected chi connectivity index (χ0v) is 27.0. The van der Waals surface area contributed by atoms with Gasteiger partial charge in [0.1, 0.15) is 5.84 Å². The van der Waals surface area contributed by atoms with Crippen LogP contribution in [0, 0.1) is 11.3 Å². The summed E-state index contributed by atoms with van der Waals surface area (Å²) in [5, 5.41) is 15.9. The van der Waals surface area contributed by atoms with Gasteiger partial charge in [-0.1, -0.05) is 105 Å². The lowest BCUT2D eigenvalue weighted by molar-refractivity contribution is 0.661. The summed E-state index contributed by atoms with van der Waals surface area (Å²) in [6.07, 6.45) is 10.7. The van der Waals surface area contributed by atoms with Crippen LogP contribution in [0.25, 0.3) is 38.6 Å². The number of hydrogen-bond donors (Lipinski definition) is 1. The van der Waals surface area contributed by atoms with Gasteiger partial charge in [-0.25, -0.2) is 0 Å². The molecule has 0 fully saturated rings. The van der Waals surface area contributed by atoms with E-state index in [4.69, 9.17) is 4.99 Å². The SMILES string of the molecule is CC1(C)c2ccccc2-c2c1ccc1c2c2ccccc2n1-c1cccc(C2=NC(c3cccc(C#N)c3)C=C(C3=CC=CCC3)N2)c1. The number of hydrogen-bond acceptors (Lipinski definition) is 3. The summed E-state index contributed by atoms with van der Waals surface area (Å²) in [5.41, 5.74) is 13.9. The van der Waals surface area contributed by atoms with Crippen LogP contribution in [-0.4, -0.2) is 10.4 Å². The molecule has 2 aliphatic carbocycles. The molecule has 4 heteroatoms. The topological polar surface area (TPSA) is 53.1 Å². The van der Waals surface area contributed by atoms with Gasteiger partial charge in [0.25, 0.3) is 0 Å². The molecule has 48 heavy (non-hydrogen) atoms. The Morgan fingerprint density at radius 1 is 0.854 bits per heavy atom. The lowest BCUT2D eigenvalue weighted by Crippen LogP contribution is -2.29. The molecule has 0 saturated carbocycles. The molecule has 0 amide bonds. The summed E-state index contributed by atoms with van der Waals surface area (Å²) in [5.74, 6) is 0.828. The van der Waals surface area contributed by atoms with Crippen molar-refractivity contribution in [1.29, 1.82) is 5.26 Å². The third-order valence-corrected chi connectivity index (χ3v) is 10.3. The smallest absolute Gasteiger partial charge is 0.133 e. The molecule has 0 saturated heterocycles. The maximum absolute atomic E-state index is 9.61. The standard InChI is InChI=1S/C44H34N4/c1-44(2)35-20-8-6-18-33(35)41-36(44)22-23-40-42(41)34-19-7-9-21-39(34)48(40)32-17-11-16-31(25-32)43-46-37(29-13-4-3-5-14-29)26-38(47-43)30-15-10-12-28(24-30)27-45/h3-4,6-13,15-26,38H,5,14H2,1-2H3,(H,46,47). The number of rotatable bonds is 4. The van der Waals surface area contributed by atoms with Crippen molar-refractivity contribution < 1.29 is 0 Å². The van der Waals surface area contributed by atoms with Crippen LogP contribution in [0.2, 0.25) is 0 Å². The van der Waals surface area contributed by atoms with Gasteiger partial charge in [0.05, 0.1) is 28.7 Å². The van der Waals surface area contributed by atoms with Crippen molar-refractivity contribution in [2.75, 3.05) is 0 Å². The number of benzene rings is 5. The number of amidine groups is 1. The minimum atomic E-state index is -0.209. The molecule has 230 valence electrons. The van der Waals surface area contributed by atoms with Crippen molar-refractivity contribution in [2.24, 2.45) is 4.99 Å². The number of aromatic nitrogens is 1. The highest BCUT2D eigenvalue weighted by molar-refractivity contribution is 6.18. The van der Waals surface area contributed by atoms with Gasteiger partial charge in [0.15, 0.2) is 0 Å².